The van der Waals surface area contributed by atoms with E-state index >= 15 is 28.8 Å². The fourth-order valence-electron chi connectivity index (χ4n) is 21.0. The van der Waals surface area contributed by atoms with Crippen molar-refractivity contribution in [2.24, 2.45) is 21.7 Å². The number of ether oxygens (including phenoxy) is 10. The van der Waals surface area contributed by atoms with Crippen molar-refractivity contribution in [3.05, 3.63) is 0 Å². The van der Waals surface area contributed by atoms with Gasteiger partial charge in [0.05, 0.1) is 31.3 Å². The van der Waals surface area contributed by atoms with Crippen LogP contribution in [0.1, 0.15) is 322 Å². The van der Waals surface area contributed by atoms with Gasteiger partial charge in [-0.2, -0.15) is 0 Å². The Hall–Kier alpha value is -4.64. The highest BCUT2D eigenvalue weighted by atomic mass is 17.2. The topological polar surface area (TPSA) is 267 Å². The van der Waals surface area contributed by atoms with Crippen LogP contribution in [0.15, 0.2) is 0 Å². The highest BCUT2D eigenvalue weighted by Gasteiger charge is 2.64. The van der Waals surface area contributed by atoms with Gasteiger partial charge in [-0.3, -0.25) is 67.8 Å². The molecule has 26 nitrogen and oxygen atoms in total. The summed E-state index contributed by atoms with van der Waals surface area (Å²) in [6, 6.07) is 0. The van der Waals surface area contributed by atoms with Gasteiger partial charge in [-0.05, 0) is 247 Å². The number of hydrogen-bond acceptors (Lipinski definition) is 26. The lowest BCUT2D eigenvalue weighted by atomic mass is 9.77. The minimum Gasteiger partial charge on any atom is -0.465 e. The Kier molecular flexibility index (Phi) is 28.5. The van der Waals surface area contributed by atoms with Crippen LogP contribution < -0.4 is 0 Å². The maximum atomic E-state index is 15.6. The van der Waals surface area contributed by atoms with Crippen molar-refractivity contribution < 1.29 is 95.5 Å². The van der Waals surface area contributed by atoms with Crippen molar-refractivity contribution in [3.8, 4) is 0 Å². The number of hydrogen-bond donors (Lipinski definition) is 0. The molecule has 8 aliphatic heterocycles. The summed E-state index contributed by atoms with van der Waals surface area (Å²) in [5, 5.41) is 0. The van der Waals surface area contributed by atoms with Crippen LogP contribution >= 0.6 is 0 Å². The third-order valence-electron chi connectivity index (χ3n) is 30.2. The smallest absolute Gasteiger partial charge is 0.335 e. The summed E-state index contributed by atoms with van der Waals surface area (Å²) in [6.07, 6.45) is -1.09. The molecule has 117 heavy (non-hydrogen) atoms. The van der Waals surface area contributed by atoms with E-state index < -0.39 is 203 Å². The SMILES string of the molecule is CN1C(C)(C)CC(OC(=O)C(CCCC(=O)OCC(C)(C)C2CCC3(CO2)COC(C(C)(C)COC(=O)CCCC(C(=O)OC2CC(C)(C)N(C)C(C)(C)C2)(C(=O)OC2CC(C)(C)N(C)C(C)(C)C2)C(=O)OC2CC(C)(C)N(C)C(C)(C)C2)OO3)(C(=O)OC2CC(C)(C)N(C)C(C)(C)C2)C(=O)OC2CC(C)(C)N(C)C(C)(C)C2)CC1(C)C. The lowest BCUT2D eigenvalue weighted by molar-refractivity contribution is -0.497. The molecule has 0 N–H and O–H groups in total. The Labute approximate surface area is 703 Å². The van der Waals surface area contributed by atoms with Crippen molar-refractivity contribution in [2.45, 2.75) is 443 Å². The first-order chi connectivity index (χ1) is 53.0. The summed E-state index contributed by atoms with van der Waals surface area (Å²) in [4.78, 5) is 147. The minimum absolute atomic E-state index is 0.0529. The molecule has 8 rings (SSSR count). The molecule has 8 heterocycles. The second-order valence-corrected chi connectivity index (χ2v) is 45.9. The van der Waals surface area contributed by atoms with Gasteiger partial charge in [0.25, 0.3) is 10.8 Å². The highest BCUT2D eigenvalue weighted by Crippen LogP contribution is 2.50. The Morgan fingerprint density at radius 1 is 0.325 bits per heavy atom. The first kappa shape index (κ1) is 97.8. The van der Waals surface area contributed by atoms with Crippen LogP contribution in [0.25, 0.3) is 0 Å². The van der Waals surface area contributed by atoms with Gasteiger partial charge in [-0.15, -0.1) is 0 Å². The number of likely N-dealkylation sites (tertiary alicyclic amines) is 6. The number of carbonyl (C=O) groups excluding carboxylic acids is 8. The largest absolute Gasteiger partial charge is 0.465 e. The van der Waals surface area contributed by atoms with Gasteiger partial charge in [0, 0.05) is 162 Å². The van der Waals surface area contributed by atoms with Crippen molar-refractivity contribution >= 4 is 47.8 Å². The van der Waals surface area contributed by atoms with E-state index in [9.17, 15) is 9.59 Å². The molecule has 0 saturated carbocycles. The predicted molar refractivity (Wildman–Crippen MR) is 446 cm³/mol. The van der Waals surface area contributed by atoms with Crippen LogP contribution in [0.4, 0.5) is 0 Å². The molecule has 26 heteroatoms. The molecule has 0 amide bonds. The molecule has 0 aliphatic carbocycles. The molecule has 1 spiro atoms. The molecule has 3 unspecified atom stereocenters. The zero-order valence-corrected chi connectivity index (χ0v) is 78.9. The van der Waals surface area contributed by atoms with E-state index in [1.165, 1.54) is 0 Å². The zero-order valence-electron chi connectivity index (χ0n) is 78.9. The van der Waals surface area contributed by atoms with Crippen LogP contribution in [0.3, 0.4) is 0 Å². The normalized spacial score (nSPS) is 28.2. The molecule has 0 aromatic carbocycles. The van der Waals surface area contributed by atoms with Crippen LogP contribution in [0, 0.1) is 21.7 Å². The molecule has 8 aliphatic rings. The van der Waals surface area contributed by atoms with Crippen molar-refractivity contribution in [1.82, 2.24) is 29.4 Å². The fourth-order valence-corrected chi connectivity index (χ4v) is 21.0. The third kappa shape index (κ3) is 21.4. The van der Waals surface area contributed by atoms with E-state index in [0.29, 0.717) is 89.9 Å². The molecule has 0 radical (unpaired) electrons. The highest BCUT2D eigenvalue weighted by molar-refractivity contribution is 6.19. The van der Waals surface area contributed by atoms with Gasteiger partial charge in [-0.25, -0.2) is 9.78 Å². The Morgan fingerprint density at radius 2 is 0.538 bits per heavy atom. The molecule has 0 bridgehead atoms. The summed E-state index contributed by atoms with van der Waals surface area (Å²) >= 11 is 0. The van der Waals surface area contributed by atoms with Crippen LogP contribution in [0.2, 0.25) is 0 Å². The van der Waals surface area contributed by atoms with Gasteiger partial charge in [-0.1, -0.05) is 27.7 Å². The van der Waals surface area contributed by atoms with E-state index in [1.807, 2.05) is 56.1 Å². The zero-order chi connectivity index (χ0) is 88.7. The second-order valence-electron chi connectivity index (χ2n) is 45.9. The number of piperidine rings is 6. The average Bonchev–Trinajstić information content (AvgIpc) is 0.763. The van der Waals surface area contributed by atoms with Crippen LogP contribution in [0.5, 0.6) is 0 Å². The Morgan fingerprint density at radius 3 is 0.735 bits per heavy atom. The van der Waals surface area contributed by atoms with E-state index in [1.54, 1.807) is 13.8 Å². The standard InChI is InChI=1S/C91H158N6O20/c1-75(2,55-107-66(98)37-35-40-90(68(100)110-59-43-77(5,6)92(29)78(7,8)44-59,69(101)111-60-45-79(9,10)93(30)80(11,12)46-60)70(102)112-61-47-81(13,14)94(31)82(15,16)48-61)65-39-42-89(57-106-65)58-109-74(116-117-89)76(3,4)56-108-67(99)38-36-41-91(71(103)113-62-49-83(17,18)95(32)84(19,20)50-62,72(104)114-63-51-85(21,22)96(33)86(23,24)52-63)73(105)115-64-53-87(25,26)97(34)88(27,28)54-64/h59-65,74H,35-58H2,1-34H3. The predicted octanol–water partition coefficient (Wildman–Crippen LogP) is 13.8. The monoisotopic (exact) mass is 1660 g/mol. The van der Waals surface area contributed by atoms with Crippen LogP contribution in [-0.4, -0.2) is 267 Å². The summed E-state index contributed by atoms with van der Waals surface area (Å²) in [7, 11) is 12.2. The van der Waals surface area contributed by atoms with Gasteiger partial charge in [0.15, 0.2) is 11.9 Å². The van der Waals surface area contributed by atoms with Gasteiger partial charge < -0.3 is 47.4 Å². The molecule has 0 aromatic rings. The van der Waals surface area contributed by atoms with Gasteiger partial charge in [0.2, 0.25) is 0 Å². The van der Waals surface area contributed by atoms with E-state index in [0.717, 1.165) is 0 Å². The summed E-state index contributed by atoms with van der Waals surface area (Å²) < 4.78 is 64.0. The van der Waals surface area contributed by atoms with Crippen LogP contribution in [-0.2, 0) is 95.5 Å². The van der Waals surface area contributed by atoms with E-state index in [2.05, 4.69) is 196 Å². The molecule has 8 saturated heterocycles. The van der Waals surface area contributed by atoms with Crippen molar-refractivity contribution in [2.75, 3.05) is 68.7 Å². The Balaban J connectivity index is 0.912. The van der Waals surface area contributed by atoms with E-state index in [4.69, 9.17) is 57.1 Å². The summed E-state index contributed by atoms with van der Waals surface area (Å²) in [5.74, 6) is -7.58. The van der Waals surface area contributed by atoms with Gasteiger partial charge >= 0.3 is 47.8 Å². The first-order valence-corrected chi connectivity index (χ1v) is 43.6. The molecular weight excluding hydrogens is 1500 g/mol. The molecule has 8 fully saturated rings. The number of carbonyl (C=O) groups is 8. The number of nitrogens with zero attached hydrogens (tertiary/aromatic N) is 6. The summed E-state index contributed by atoms with van der Waals surface area (Å²) in [6.45, 7) is 57.2. The maximum Gasteiger partial charge on any atom is 0.335 e. The minimum atomic E-state index is -2.61. The summed E-state index contributed by atoms with van der Waals surface area (Å²) in [5.41, 5.74) is -13.0. The van der Waals surface area contributed by atoms with Crippen molar-refractivity contribution in [3.63, 3.8) is 0 Å². The molecule has 0 aromatic heterocycles. The number of esters is 8. The average molecular weight is 1660 g/mol. The molecule has 3 atom stereocenters. The lowest BCUT2D eigenvalue weighted by Gasteiger charge is -2.54. The van der Waals surface area contributed by atoms with Gasteiger partial charge in [0.1, 0.15) is 43.2 Å². The lowest BCUT2D eigenvalue weighted by Crippen LogP contribution is -2.63. The molecular formula is C91H158N6O20. The van der Waals surface area contributed by atoms with Crippen molar-refractivity contribution in [1.29, 1.82) is 0 Å². The van der Waals surface area contributed by atoms with E-state index in [-0.39, 0.29) is 52.1 Å². The number of rotatable bonds is 26. The molecule has 672 valence electrons. The third-order valence-corrected chi connectivity index (χ3v) is 30.2. The first-order valence-electron chi connectivity index (χ1n) is 43.6. The Bertz CT molecular complexity index is 2960. The second kappa shape index (κ2) is 34.1. The fraction of sp³-hybridized carbons (Fsp3) is 0.912. The maximum absolute atomic E-state index is 15.6. The quantitative estimate of drug-likeness (QED) is 0.0337.